The van der Waals surface area contributed by atoms with Gasteiger partial charge in [-0.2, -0.15) is 4.73 Å². The van der Waals surface area contributed by atoms with Crippen molar-refractivity contribution in [2.24, 2.45) is 5.92 Å². The fourth-order valence-electron chi connectivity index (χ4n) is 6.10. The van der Waals surface area contributed by atoms with Gasteiger partial charge in [-0.3, -0.25) is 14.6 Å². The molecule has 3 aliphatic rings. The number of pyridine rings is 1. The number of carbonyl (C=O) groups excluding carboxylic acids is 2. The van der Waals surface area contributed by atoms with E-state index in [4.69, 9.17) is 56.5 Å². The Morgan fingerprint density at radius 3 is 2.37 bits per heavy atom. The highest BCUT2D eigenvalue weighted by Crippen LogP contribution is 2.36. The number of anilines is 1. The Labute approximate surface area is 303 Å². The number of hydrogen-bond donors (Lipinski definition) is 1. The summed E-state index contributed by atoms with van der Waals surface area (Å²) in [7, 11) is 3.00. The van der Waals surface area contributed by atoms with Gasteiger partial charge in [-0.1, -0.05) is 47.5 Å². The SMILES string of the molecule is COc1ccc([C@H](Cc2c(Cl)c[n+]([O-])cc2Cl)OC(=O)c2coc(CN(C(=O)O[C@H]3CN4CCC3CC4)c3ccccc3)n2)cc1OC.O=CO. The van der Waals surface area contributed by atoms with E-state index in [-0.39, 0.29) is 47.2 Å². The normalized spacial score (nSPS) is 18.1. The fraction of sp³-hybridized carbons (Fsp3) is 0.343. The highest BCUT2D eigenvalue weighted by atomic mass is 35.5. The zero-order valence-electron chi connectivity index (χ0n) is 27.8. The molecule has 51 heavy (non-hydrogen) atoms. The van der Waals surface area contributed by atoms with E-state index in [9.17, 15) is 14.8 Å². The third-order valence-corrected chi connectivity index (χ3v) is 9.32. The van der Waals surface area contributed by atoms with E-state index in [1.54, 1.807) is 30.3 Å². The van der Waals surface area contributed by atoms with Crippen LogP contribution in [0.1, 0.15) is 46.5 Å². The van der Waals surface area contributed by atoms with Crippen LogP contribution < -0.4 is 19.1 Å². The molecule has 16 heteroatoms. The van der Waals surface area contributed by atoms with Crippen molar-refractivity contribution >= 4 is 47.4 Å². The molecule has 0 aliphatic carbocycles. The van der Waals surface area contributed by atoms with Crippen molar-refractivity contribution in [3.8, 4) is 11.5 Å². The minimum Gasteiger partial charge on any atom is -0.619 e. The second-order valence-corrected chi connectivity index (χ2v) is 12.5. The average molecular weight is 744 g/mol. The molecule has 0 spiro atoms. The number of carboxylic acid groups (broad SMARTS) is 1. The average Bonchev–Trinajstić information content (AvgIpc) is 3.61. The van der Waals surface area contributed by atoms with Crippen molar-refractivity contribution in [3.63, 3.8) is 0 Å². The van der Waals surface area contributed by atoms with Crippen LogP contribution in [0.5, 0.6) is 11.5 Å². The van der Waals surface area contributed by atoms with Crippen LogP contribution in [-0.4, -0.2) is 73.5 Å². The molecule has 4 aromatic rings. The highest BCUT2D eigenvalue weighted by Gasteiger charge is 2.38. The maximum absolute atomic E-state index is 13.5. The van der Waals surface area contributed by atoms with Gasteiger partial charge in [0.05, 0.1) is 14.2 Å². The first kappa shape index (κ1) is 37.2. The summed E-state index contributed by atoms with van der Waals surface area (Å²) < 4.78 is 28.9. The number of rotatable bonds is 11. The number of ether oxygens (including phenoxy) is 4. The molecule has 1 N–H and O–H groups in total. The minimum absolute atomic E-state index is 0.0254. The van der Waals surface area contributed by atoms with E-state index in [0.717, 1.165) is 25.9 Å². The highest BCUT2D eigenvalue weighted by molar-refractivity contribution is 6.35. The van der Waals surface area contributed by atoms with Crippen molar-refractivity contribution in [2.75, 3.05) is 38.8 Å². The zero-order valence-corrected chi connectivity index (χ0v) is 29.3. The van der Waals surface area contributed by atoms with Crippen molar-refractivity contribution < 1.29 is 47.6 Å². The van der Waals surface area contributed by atoms with Crippen LogP contribution >= 0.6 is 23.2 Å². The standard InChI is InChI=1S/C34H34Cl2N4O8.CH2O2/c1-44-28-9-8-22(14-30(28)45-2)29(15-24-25(35)16-39(43)17-26(24)36)47-33(41)27-20-46-32(37-27)19-40(23-6-4-3-5-7-23)34(42)48-31-18-38-12-10-21(31)11-13-38;2-1-3/h3-9,14,16-17,20-21,29,31H,10-13,15,18-19H2,1-2H3;1H,(H,2,3)/t29-,31-;/m0./s1. The summed E-state index contributed by atoms with van der Waals surface area (Å²) in [5.74, 6) is 0.528. The summed E-state index contributed by atoms with van der Waals surface area (Å²) in [6.45, 7) is 2.43. The Morgan fingerprint density at radius 1 is 1.10 bits per heavy atom. The number of amides is 1. The van der Waals surface area contributed by atoms with Crippen molar-refractivity contribution in [3.05, 3.63) is 105 Å². The third-order valence-electron chi connectivity index (χ3n) is 8.67. The first-order valence-corrected chi connectivity index (χ1v) is 16.7. The molecule has 2 aromatic heterocycles. The predicted molar refractivity (Wildman–Crippen MR) is 184 cm³/mol. The summed E-state index contributed by atoms with van der Waals surface area (Å²) in [5, 5.41) is 19.0. The van der Waals surface area contributed by atoms with E-state index in [1.165, 1.54) is 37.8 Å². The lowest BCUT2D eigenvalue weighted by Gasteiger charge is -2.44. The van der Waals surface area contributed by atoms with E-state index in [2.05, 4.69) is 9.88 Å². The molecule has 270 valence electrons. The van der Waals surface area contributed by atoms with Gasteiger partial charge in [-0.25, -0.2) is 14.6 Å². The Kier molecular flexibility index (Phi) is 12.6. The Hall–Kier alpha value is -5.05. The molecule has 3 fully saturated rings. The van der Waals surface area contributed by atoms with Gasteiger partial charge < -0.3 is 33.7 Å². The molecular formula is C35H36Cl2N4O10. The number of fused-ring (bicyclic) bond motifs is 3. The number of carbonyl (C=O) groups is 3. The number of oxazole rings is 1. The molecule has 2 atom stereocenters. The van der Waals surface area contributed by atoms with Crippen LogP contribution in [-0.2, 0) is 27.2 Å². The van der Waals surface area contributed by atoms with Crippen LogP contribution in [0, 0.1) is 11.1 Å². The number of para-hydroxylation sites is 1. The lowest BCUT2D eigenvalue weighted by atomic mass is 9.86. The molecule has 5 heterocycles. The topological polar surface area (TPSA) is 168 Å². The first-order chi connectivity index (χ1) is 24.6. The van der Waals surface area contributed by atoms with Gasteiger partial charge in [-0.15, -0.1) is 0 Å². The quantitative estimate of drug-likeness (QED) is 0.0862. The largest absolute Gasteiger partial charge is 0.619 e. The first-order valence-electron chi connectivity index (χ1n) is 15.9. The number of benzene rings is 2. The van der Waals surface area contributed by atoms with E-state index >= 15 is 0 Å². The maximum atomic E-state index is 13.5. The van der Waals surface area contributed by atoms with Gasteiger partial charge in [0.2, 0.25) is 5.89 Å². The summed E-state index contributed by atoms with van der Waals surface area (Å²) in [5.41, 5.74) is 1.42. The number of piperidine rings is 3. The molecule has 3 aliphatic heterocycles. The number of nitrogens with zero attached hydrogens (tertiary/aromatic N) is 4. The Morgan fingerprint density at radius 2 is 1.76 bits per heavy atom. The summed E-state index contributed by atoms with van der Waals surface area (Å²) in [4.78, 5) is 43.5. The molecule has 0 unspecified atom stereocenters. The van der Waals surface area contributed by atoms with Gasteiger partial charge >= 0.3 is 12.1 Å². The van der Waals surface area contributed by atoms with Crippen molar-refractivity contribution in [1.82, 2.24) is 9.88 Å². The Balaban J connectivity index is 0.00000162. The number of esters is 1. The molecule has 2 aromatic carbocycles. The van der Waals surface area contributed by atoms with Gasteiger partial charge in [-0.05, 0) is 61.7 Å². The Bertz CT molecular complexity index is 1790. The molecule has 2 bridgehead atoms. The van der Waals surface area contributed by atoms with E-state index in [1.807, 2.05) is 18.2 Å². The third kappa shape index (κ3) is 9.20. The molecule has 3 saturated heterocycles. The van der Waals surface area contributed by atoms with E-state index in [0.29, 0.717) is 45.5 Å². The van der Waals surface area contributed by atoms with Gasteiger partial charge in [0.1, 0.15) is 35.1 Å². The number of aromatic nitrogens is 2. The van der Waals surface area contributed by atoms with Crippen LogP contribution in [0.25, 0.3) is 0 Å². The molecule has 14 nitrogen and oxygen atoms in total. The fourth-order valence-corrected chi connectivity index (χ4v) is 6.70. The lowest BCUT2D eigenvalue weighted by Crippen LogP contribution is -2.53. The summed E-state index contributed by atoms with van der Waals surface area (Å²) >= 11 is 12.7. The molecular weight excluding hydrogens is 707 g/mol. The van der Waals surface area contributed by atoms with Gasteiger partial charge in [0, 0.05) is 24.2 Å². The predicted octanol–water partition coefficient (Wildman–Crippen LogP) is 5.71. The number of halogens is 2. The van der Waals surface area contributed by atoms with Crippen LogP contribution in [0.3, 0.4) is 0 Å². The zero-order chi connectivity index (χ0) is 36.5. The molecule has 0 saturated carbocycles. The van der Waals surface area contributed by atoms with Crippen LogP contribution in [0.4, 0.5) is 10.5 Å². The molecule has 7 rings (SSSR count). The van der Waals surface area contributed by atoms with Crippen LogP contribution in [0.2, 0.25) is 10.0 Å². The second kappa shape index (κ2) is 17.2. The monoisotopic (exact) mass is 742 g/mol. The number of methoxy groups -OCH3 is 2. The number of hydrogen-bond acceptors (Lipinski definition) is 11. The second-order valence-electron chi connectivity index (χ2n) is 11.7. The van der Waals surface area contributed by atoms with Crippen molar-refractivity contribution in [1.29, 1.82) is 0 Å². The summed E-state index contributed by atoms with van der Waals surface area (Å²) in [6.07, 6.45) is 3.88. The minimum atomic E-state index is -0.938. The summed E-state index contributed by atoms with van der Waals surface area (Å²) in [6, 6.07) is 14.1. The molecule has 1 amide bonds. The lowest BCUT2D eigenvalue weighted by molar-refractivity contribution is -0.605. The van der Waals surface area contributed by atoms with Crippen molar-refractivity contribution in [2.45, 2.75) is 38.0 Å². The molecule has 0 radical (unpaired) electrons. The van der Waals surface area contributed by atoms with E-state index < -0.39 is 18.2 Å². The van der Waals surface area contributed by atoms with Gasteiger partial charge in [0.25, 0.3) is 6.47 Å². The van der Waals surface area contributed by atoms with Crippen LogP contribution in [0.15, 0.2) is 71.6 Å². The maximum Gasteiger partial charge on any atom is 0.415 e. The smallest absolute Gasteiger partial charge is 0.415 e. The van der Waals surface area contributed by atoms with Gasteiger partial charge in [0.15, 0.2) is 29.6 Å².